The van der Waals surface area contributed by atoms with Gasteiger partial charge in [-0.2, -0.15) is 0 Å². The highest BCUT2D eigenvalue weighted by Gasteiger charge is 2.24. The second kappa shape index (κ2) is 2.54. The average molecular weight is 144 g/mol. The first-order chi connectivity index (χ1) is 5.38. The molecule has 0 atom stereocenters. The fourth-order valence-electron chi connectivity index (χ4n) is 1.32. The van der Waals surface area contributed by atoms with E-state index in [0.717, 1.165) is 5.92 Å². The maximum atomic E-state index is 4.09. The van der Waals surface area contributed by atoms with Gasteiger partial charge < -0.3 is 0 Å². The van der Waals surface area contributed by atoms with Crippen molar-refractivity contribution in [3.05, 3.63) is 42.5 Å². The van der Waals surface area contributed by atoms with Crippen LogP contribution in [0.15, 0.2) is 36.9 Å². The van der Waals surface area contributed by atoms with Gasteiger partial charge in [0, 0.05) is 0 Å². The van der Waals surface area contributed by atoms with E-state index in [1.54, 1.807) is 0 Å². The van der Waals surface area contributed by atoms with Gasteiger partial charge in [-0.1, -0.05) is 36.9 Å². The third-order valence-corrected chi connectivity index (χ3v) is 2.21. The molecule has 56 valence electrons. The molecule has 11 heavy (non-hydrogen) atoms. The Morgan fingerprint density at radius 3 is 2.36 bits per heavy atom. The summed E-state index contributed by atoms with van der Waals surface area (Å²) in [5.41, 5.74) is 2.64. The van der Waals surface area contributed by atoms with E-state index in [9.17, 15) is 0 Å². The zero-order valence-corrected chi connectivity index (χ0v) is 6.59. The predicted octanol–water partition coefficient (Wildman–Crippen LogP) is 3.11. The normalized spacial score (nSPS) is 16.4. The van der Waals surface area contributed by atoms with Gasteiger partial charge in [0.2, 0.25) is 0 Å². The van der Waals surface area contributed by atoms with Crippen LogP contribution in [0.1, 0.15) is 18.4 Å². The Labute approximate surface area is 67.6 Å². The van der Waals surface area contributed by atoms with Crippen LogP contribution in [0.5, 0.6) is 0 Å². The Morgan fingerprint density at radius 2 is 1.82 bits per heavy atom. The molecule has 0 aliphatic heterocycles. The average Bonchev–Trinajstić information content (AvgIpc) is 2.87. The summed E-state index contributed by atoms with van der Waals surface area (Å²) in [6.07, 6.45) is 2.68. The zero-order chi connectivity index (χ0) is 7.68. The van der Waals surface area contributed by atoms with Gasteiger partial charge in [0.1, 0.15) is 0 Å². The van der Waals surface area contributed by atoms with E-state index in [0.29, 0.717) is 0 Å². The highest BCUT2D eigenvalue weighted by atomic mass is 14.3. The van der Waals surface area contributed by atoms with Crippen LogP contribution in [-0.2, 0) is 0 Å². The summed E-state index contributed by atoms with van der Waals surface area (Å²) >= 11 is 0. The van der Waals surface area contributed by atoms with Gasteiger partial charge in [-0.15, -0.1) is 0 Å². The molecule has 0 bridgehead atoms. The molecule has 1 aliphatic rings. The number of rotatable bonds is 2. The summed E-state index contributed by atoms with van der Waals surface area (Å²) in [6.45, 7) is 4.09. The molecule has 0 spiro atoms. The van der Waals surface area contributed by atoms with E-state index >= 15 is 0 Å². The van der Waals surface area contributed by atoms with Crippen molar-refractivity contribution in [2.45, 2.75) is 12.8 Å². The van der Waals surface area contributed by atoms with Crippen molar-refractivity contribution >= 4 is 5.57 Å². The quantitative estimate of drug-likeness (QED) is 0.598. The maximum absolute atomic E-state index is 4.09. The molecule has 0 nitrogen and oxygen atoms in total. The third kappa shape index (κ3) is 1.35. The smallest absolute Gasteiger partial charge is 0.0161 e. The van der Waals surface area contributed by atoms with Crippen LogP contribution in [0.4, 0.5) is 0 Å². The monoisotopic (exact) mass is 144 g/mol. The van der Waals surface area contributed by atoms with Crippen molar-refractivity contribution in [2.24, 2.45) is 5.92 Å². The second-order valence-electron chi connectivity index (χ2n) is 3.17. The highest BCUT2D eigenvalue weighted by Crippen LogP contribution is 2.40. The molecule has 0 N–H and O–H groups in total. The van der Waals surface area contributed by atoms with Crippen molar-refractivity contribution in [2.75, 3.05) is 0 Å². The highest BCUT2D eigenvalue weighted by molar-refractivity contribution is 5.66. The molecule has 0 unspecified atom stereocenters. The minimum absolute atomic E-state index is 0.789. The largest absolute Gasteiger partial charge is 0.0950 e. The molecule has 0 heteroatoms. The third-order valence-electron chi connectivity index (χ3n) is 2.21. The Kier molecular flexibility index (Phi) is 1.54. The van der Waals surface area contributed by atoms with Gasteiger partial charge in [0.25, 0.3) is 0 Å². The van der Waals surface area contributed by atoms with Gasteiger partial charge in [-0.05, 0) is 29.9 Å². The standard InChI is InChI=1S/C11H12/c1-9(11-7-8-11)10-5-3-2-4-6-10/h2-6,11H,1,7-8H2. The molecule has 1 fully saturated rings. The van der Waals surface area contributed by atoms with Crippen LogP contribution in [-0.4, -0.2) is 0 Å². The SMILES string of the molecule is C=C(c1ccccc1)C1CC1. The minimum Gasteiger partial charge on any atom is -0.0950 e. The summed E-state index contributed by atoms with van der Waals surface area (Å²) in [5.74, 6) is 0.789. The van der Waals surface area contributed by atoms with E-state index in [1.807, 2.05) is 6.07 Å². The van der Waals surface area contributed by atoms with Gasteiger partial charge in [0.05, 0.1) is 0 Å². The minimum atomic E-state index is 0.789. The number of allylic oxidation sites excluding steroid dienone is 1. The van der Waals surface area contributed by atoms with Crippen molar-refractivity contribution in [1.29, 1.82) is 0 Å². The maximum Gasteiger partial charge on any atom is -0.0161 e. The first-order valence-electron chi connectivity index (χ1n) is 4.12. The molecule has 1 aromatic rings. The molecule has 0 radical (unpaired) electrons. The molecule has 1 saturated carbocycles. The van der Waals surface area contributed by atoms with Gasteiger partial charge in [-0.3, -0.25) is 0 Å². The van der Waals surface area contributed by atoms with Gasteiger partial charge in [0.15, 0.2) is 0 Å². The topological polar surface area (TPSA) is 0 Å². The van der Waals surface area contributed by atoms with Crippen molar-refractivity contribution in [3.8, 4) is 0 Å². The number of hydrogen-bond acceptors (Lipinski definition) is 0. The van der Waals surface area contributed by atoms with Crippen molar-refractivity contribution < 1.29 is 0 Å². The van der Waals surface area contributed by atoms with Crippen LogP contribution < -0.4 is 0 Å². The van der Waals surface area contributed by atoms with Gasteiger partial charge >= 0.3 is 0 Å². The molecular formula is C11H12. The lowest BCUT2D eigenvalue weighted by molar-refractivity contribution is 1.15. The van der Waals surface area contributed by atoms with E-state index in [2.05, 4.69) is 30.8 Å². The lowest BCUT2D eigenvalue weighted by Gasteiger charge is -2.01. The van der Waals surface area contributed by atoms with E-state index in [1.165, 1.54) is 24.0 Å². The van der Waals surface area contributed by atoms with Crippen LogP contribution >= 0.6 is 0 Å². The van der Waals surface area contributed by atoms with Crippen molar-refractivity contribution in [1.82, 2.24) is 0 Å². The molecule has 2 rings (SSSR count). The summed E-state index contributed by atoms with van der Waals surface area (Å²) in [7, 11) is 0. The van der Waals surface area contributed by atoms with Crippen LogP contribution in [0.2, 0.25) is 0 Å². The first kappa shape index (κ1) is 6.66. The van der Waals surface area contributed by atoms with Gasteiger partial charge in [-0.25, -0.2) is 0 Å². The zero-order valence-electron chi connectivity index (χ0n) is 6.59. The molecule has 0 aromatic heterocycles. The molecule has 1 aromatic carbocycles. The lowest BCUT2D eigenvalue weighted by Crippen LogP contribution is -1.82. The lowest BCUT2D eigenvalue weighted by atomic mass is 10.0. The molecule has 1 aliphatic carbocycles. The fourth-order valence-corrected chi connectivity index (χ4v) is 1.32. The molecular weight excluding hydrogens is 132 g/mol. The Morgan fingerprint density at radius 1 is 1.18 bits per heavy atom. The molecule has 0 amide bonds. The summed E-state index contributed by atoms with van der Waals surface area (Å²) in [5, 5.41) is 0. The van der Waals surface area contributed by atoms with E-state index < -0.39 is 0 Å². The van der Waals surface area contributed by atoms with Crippen LogP contribution in [0, 0.1) is 5.92 Å². The summed E-state index contributed by atoms with van der Waals surface area (Å²) in [6, 6.07) is 10.5. The summed E-state index contributed by atoms with van der Waals surface area (Å²) in [4.78, 5) is 0. The molecule has 0 saturated heterocycles. The second-order valence-corrected chi connectivity index (χ2v) is 3.17. The van der Waals surface area contributed by atoms with Crippen LogP contribution in [0.3, 0.4) is 0 Å². The molecule has 0 heterocycles. The Bertz CT molecular complexity index is 255. The Balaban J connectivity index is 2.22. The van der Waals surface area contributed by atoms with Crippen LogP contribution in [0.25, 0.3) is 5.57 Å². The van der Waals surface area contributed by atoms with Crippen molar-refractivity contribution in [3.63, 3.8) is 0 Å². The number of hydrogen-bond donors (Lipinski definition) is 0. The Hall–Kier alpha value is -1.04. The summed E-state index contributed by atoms with van der Waals surface area (Å²) < 4.78 is 0. The van der Waals surface area contributed by atoms with E-state index in [-0.39, 0.29) is 0 Å². The first-order valence-corrected chi connectivity index (χ1v) is 4.12. The fraction of sp³-hybridized carbons (Fsp3) is 0.273. The van der Waals surface area contributed by atoms with E-state index in [4.69, 9.17) is 0 Å². The predicted molar refractivity (Wildman–Crippen MR) is 48.2 cm³/mol. The number of benzene rings is 1.